The predicted molar refractivity (Wildman–Crippen MR) is 206 cm³/mol. The lowest BCUT2D eigenvalue weighted by Gasteiger charge is -2.46. The van der Waals surface area contributed by atoms with Crippen LogP contribution >= 0.6 is 11.6 Å². The molecule has 1 aromatic heterocycles. The largest absolute Gasteiger partial charge is 0.490 e. The molecule has 3 heterocycles. The second-order valence-electron chi connectivity index (χ2n) is 15.3. The molecule has 288 valence electrons. The number of carbonyl (C=O) groups is 3. The summed E-state index contributed by atoms with van der Waals surface area (Å²) in [5.74, 6) is -1.10. The lowest BCUT2D eigenvalue weighted by atomic mass is 9.68. The number of halogens is 1. The molecule has 7 atom stereocenters. The van der Waals surface area contributed by atoms with E-state index in [-0.39, 0.29) is 46.1 Å². The van der Waals surface area contributed by atoms with Crippen molar-refractivity contribution < 1.29 is 32.8 Å². The Labute approximate surface area is 321 Å². The van der Waals surface area contributed by atoms with Crippen molar-refractivity contribution in [2.75, 3.05) is 31.7 Å². The lowest BCUT2D eigenvalue weighted by Crippen LogP contribution is -2.49. The quantitative estimate of drug-likeness (QED) is 0.234. The highest BCUT2D eigenvalue weighted by molar-refractivity contribution is 7.93. The predicted octanol–water partition coefficient (Wildman–Crippen LogP) is 6.45. The second kappa shape index (κ2) is 15.1. The molecule has 2 aliphatic carbocycles. The number of nitrogens with zero attached hydrogens (tertiary/aromatic N) is 4. The smallest absolute Gasteiger partial charge is 0.303 e. The van der Waals surface area contributed by atoms with Crippen LogP contribution in [0, 0.1) is 17.8 Å². The molecule has 2 bridgehead atoms. The number of benzene rings is 2. The van der Waals surface area contributed by atoms with Gasteiger partial charge in [0.05, 0.1) is 24.7 Å². The average molecular weight is 778 g/mol. The monoisotopic (exact) mass is 777 g/mol. The van der Waals surface area contributed by atoms with Crippen molar-refractivity contribution in [1.82, 2.24) is 14.5 Å². The second-order valence-corrected chi connectivity index (χ2v) is 18.0. The zero-order valence-corrected chi connectivity index (χ0v) is 33.0. The lowest BCUT2D eigenvalue weighted by molar-refractivity contribution is -0.149. The van der Waals surface area contributed by atoms with E-state index in [0.29, 0.717) is 36.9 Å². The number of ether oxygens (including phenoxy) is 3. The molecule has 2 amide bonds. The van der Waals surface area contributed by atoms with Crippen molar-refractivity contribution >= 4 is 45.0 Å². The number of aromatic nitrogens is 2. The van der Waals surface area contributed by atoms with E-state index in [1.54, 1.807) is 32.2 Å². The summed E-state index contributed by atoms with van der Waals surface area (Å²) >= 11 is 6.46. The topological polar surface area (TPSA) is 141 Å². The summed E-state index contributed by atoms with van der Waals surface area (Å²) in [6.07, 6.45) is 10.1. The Hall–Kier alpha value is -4.36. The summed E-state index contributed by atoms with van der Waals surface area (Å²) in [7, 11) is -0.710. The number of aryl methyl sites for hydroxylation is 2. The number of allylic oxidation sites excluding steroid dienone is 1. The third kappa shape index (κ3) is 7.36. The number of esters is 1. The zero-order chi connectivity index (χ0) is 38.4. The minimum absolute atomic E-state index is 0.0549. The summed E-state index contributed by atoms with van der Waals surface area (Å²) in [4.78, 5) is 42.6. The van der Waals surface area contributed by atoms with E-state index >= 15 is 0 Å². The van der Waals surface area contributed by atoms with Gasteiger partial charge >= 0.3 is 5.97 Å². The first-order valence-electron chi connectivity index (χ1n) is 18.6. The molecular weight excluding hydrogens is 730 g/mol. The fraction of sp³-hybridized carbons (Fsp3) is 0.500. The fourth-order valence-electron chi connectivity index (χ4n) is 8.52. The van der Waals surface area contributed by atoms with Gasteiger partial charge in [0, 0.05) is 55.2 Å². The Kier molecular flexibility index (Phi) is 10.6. The van der Waals surface area contributed by atoms with Crippen LogP contribution in [-0.4, -0.2) is 69.9 Å². The van der Waals surface area contributed by atoms with Gasteiger partial charge in [-0.25, -0.2) is 4.21 Å². The van der Waals surface area contributed by atoms with Crippen molar-refractivity contribution in [3.63, 3.8) is 0 Å². The van der Waals surface area contributed by atoms with Gasteiger partial charge in [-0.15, -0.1) is 9.46 Å². The number of hydrogen-bond acceptors (Lipinski definition) is 9. The van der Waals surface area contributed by atoms with E-state index < -0.39 is 33.1 Å². The third-order valence-corrected chi connectivity index (χ3v) is 14.4. The number of carbonyl (C=O) groups excluding carboxylic acids is 3. The number of hydrogen-bond donors (Lipinski definition) is 1. The normalized spacial score (nSPS) is 30.0. The van der Waals surface area contributed by atoms with E-state index in [1.807, 2.05) is 25.1 Å². The molecule has 2 aliphatic heterocycles. The zero-order valence-electron chi connectivity index (χ0n) is 31.4. The Balaban J connectivity index is 1.34. The van der Waals surface area contributed by atoms with E-state index in [2.05, 4.69) is 31.2 Å². The Morgan fingerprint density at radius 3 is 2.70 bits per heavy atom. The number of anilines is 1. The summed E-state index contributed by atoms with van der Waals surface area (Å²) in [5.41, 5.74) is 3.14. The molecule has 2 unspecified atom stereocenters. The average Bonchev–Trinajstić information content (AvgIpc) is 3.44. The van der Waals surface area contributed by atoms with Crippen LogP contribution < -0.4 is 19.1 Å². The molecular formula is C40H48ClN5O7S. The van der Waals surface area contributed by atoms with E-state index in [9.17, 15) is 18.6 Å². The SMILES string of the molecule is COc1nn(C)cc1C(=O)NS1(=O)=NC(=O)c2ccc3c(c2)N(CC2CC[C@H]2[C@@H](OC(C)=O)/C=C/C[C@H](C)[C@H]1C)C[C@@]1(CCCc2cc(Cl)ccc21)CO3. The highest BCUT2D eigenvalue weighted by Gasteiger charge is 2.45. The Bertz CT molecular complexity index is 2130. The van der Waals surface area contributed by atoms with Gasteiger partial charge in [0.2, 0.25) is 5.88 Å². The van der Waals surface area contributed by atoms with Crippen LogP contribution in [0.15, 0.2) is 59.1 Å². The van der Waals surface area contributed by atoms with Crippen LogP contribution in [0.5, 0.6) is 11.6 Å². The number of nitrogens with one attached hydrogen (secondary N) is 1. The first-order valence-corrected chi connectivity index (χ1v) is 20.6. The van der Waals surface area contributed by atoms with Gasteiger partial charge in [-0.05, 0) is 105 Å². The summed E-state index contributed by atoms with van der Waals surface area (Å²) in [6, 6.07) is 11.3. The number of fused-ring (bicyclic) bond motifs is 4. The maximum absolute atomic E-state index is 14.9. The molecule has 2 aromatic carbocycles. The first-order chi connectivity index (χ1) is 25.8. The minimum Gasteiger partial charge on any atom is -0.490 e. The third-order valence-electron chi connectivity index (χ3n) is 11.8. The van der Waals surface area contributed by atoms with Gasteiger partial charge in [0.15, 0.2) is 0 Å². The molecule has 7 rings (SSSR count). The van der Waals surface area contributed by atoms with Gasteiger partial charge in [0.1, 0.15) is 27.3 Å². The molecule has 1 saturated carbocycles. The summed E-state index contributed by atoms with van der Waals surface area (Å²) in [5, 5.41) is 4.09. The van der Waals surface area contributed by atoms with Crippen molar-refractivity contribution in [2.45, 2.75) is 76.1 Å². The maximum atomic E-state index is 14.9. The van der Waals surface area contributed by atoms with Crippen molar-refractivity contribution in [1.29, 1.82) is 0 Å². The number of methoxy groups -OCH3 is 1. The number of rotatable bonds is 4. The van der Waals surface area contributed by atoms with Crippen molar-refractivity contribution in [3.05, 3.63) is 82.0 Å². The molecule has 4 aliphatic rings. The molecule has 14 heteroatoms. The maximum Gasteiger partial charge on any atom is 0.303 e. The summed E-state index contributed by atoms with van der Waals surface area (Å²) < 4.78 is 41.2. The molecule has 3 aromatic rings. The first kappa shape index (κ1) is 37.9. The fourth-order valence-corrected chi connectivity index (χ4v) is 10.6. The van der Waals surface area contributed by atoms with Crippen molar-refractivity contribution in [2.24, 2.45) is 29.2 Å². The standard InChI is InChI=1S/C40H48ClN5O7S/c1-24-8-6-10-35(53-26(3)47)31-14-11-29(31)20-46-22-40(17-7-9-27-18-30(41)13-15-33(27)40)23-52-36-16-12-28(19-34(36)46)37(48)43-54(50,25(24)2)44-38(49)32-21-45(4)42-39(32)51-5/h6,10,12-13,15-16,18-19,21,24-25,29,31,35H,7-9,11,14,17,20,22-23H2,1-5H3,(H,43,44,48,49,50)/b10-6+/t24-,25+,29?,31+,35-,40-,54?/m0/s1. The van der Waals surface area contributed by atoms with Crippen LogP contribution in [0.2, 0.25) is 5.02 Å². The van der Waals surface area contributed by atoms with Gasteiger partial charge in [-0.3, -0.25) is 23.8 Å². The van der Waals surface area contributed by atoms with Crippen LogP contribution in [0.3, 0.4) is 0 Å². The van der Waals surface area contributed by atoms with E-state index in [1.165, 1.54) is 36.0 Å². The summed E-state index contributed by atoms with van der Waals surface area (Å²) in [6.45, 7) is 6.77. The molecule has 1 N–H and O–H groups in total. The van der Waals surface area contributed by atoms with Gasteiger partial charge in [0.25, 0.3) is 11.8 Å². The minimum atomic E-state index is -3.74. The van der Waals surface area contributed by atoms with Crippen LogP contribution in [0.4, 0.5) is 5.69 Å². The highest BCUT2D eigenvalue weighted by atomic mass is 35.5. The van der Waals surface area contributed by atoms with Crippen LogP contribution in [0.1, 0.15) is 84.7 Å². The molecule has 0 saturated heterocycles. The van der Waals surface area contributed by atoms with Crippen LogP contribution in [-0.2, 0) is 38.3 Å². The molecule has 1 fully saturated rings. The Morgan fingerprint density at radius 2 is 1.96 bits per heavy atom. The molecule has 54 heavy (non-hydrogen) atoms. The highest BCUT2D eigenvalue weighted by Crippen LogP contribution is 2.47. The Morgan fingerprint density at radius 1 is 1.15 bits per heavy atom. The van der Waals surface area contributed by atoms with Gasteiger partial charge in [-0.1, -0.05) is 30.7 Å². The number of amides is 2. The van der Waals surface area contributed by atoms with E-state index in [0.717, 1.165) is 37.8 Å². The van der Waals surface area contributed by atoms with Gasteiger partial charge < -0.3 is 19.1 Å². The molecule has 12 nitrogen and oxygen atoms in total. The molecule has 1 spiro atoms. The van der Waals surface area contributed by atoms with Crippen LogP contribution in [0.25, 0.3) is 0 Å². The van der Waals surface area contributed by atoms with E-state index in [4.69, 9.17) is 25.8 Å². The van der Waals surface area contributed by atoms with Crippen molar-refractivity contribution in [3.8, 4) is 11.6 Å². The molecule has 0 radical (unpaired) electrons. The van der Waals surface area contributed by atoms with Gasteiger partial charge in [-0.2, -0.15) is 0 Å².